The third kappa shape index (κ3) is 4.89. The van der Waals surface area contributed by atoms with E-state index in [0.717, 1.165) is 77.2 Å². The Hall–Kier alpha value is -4.02. The first-order chi connectivity index (χ1) is 19.2. The zero-order chi connectivity index (χ0) is 28.0. The van der Waals surface area contributed by atoms with Crippen LogP contribution in [0.4, 0.5) is 24.5 Å². The van der Waals surface area contributed by atoms with Crippen LogP contribution in [-0.4, -0.2) is 51.0 Å². The SMILES string of the molecule is [C-]#[N+]c1cc2c(c(-c3ncnc4cc(Cn5c(=O)ccn(CC(F)(F)F)c5=O)sc34)c1)N([C@H]1CCNC1)CCC2. The van der Waals surface area contributed by atoms with Crippen LogP contribution in [0, 0.1) is 6.57 Å². The summed E-state index contributed by atoms with van der Waals surface area (Å²) in [4.78, 5) is 40.9. The highest BCUT2D eigenvalue weighted by Gasteiger charge is 2.31. The molecule has 1 fully saturated rings. The van der Waals surface area contributed by atoms with Crippen LogP contribution in [0.25, 0.3) is 26.3 Å². The summed E-state index contributed by atoms with van der Waals surface area (Å²) >= 11 is 1.28. The summed E-state index contributed by atoms with van der Waals surface area (Å²) < 4.78 is 40.8. The molecule has 6 rings (SSSR count). The van der Waals surface area contributed by atoms with Crippen molar-refractivity contribution in [2.75, 3.05) is 24.5 Å². The molecule has 1 saturated heterocycles. The van der Waals surface area contributed by atoms with Crippen molar-refractivity contribution in [3.05, 3.63) is 79.5 Å². The van der Waals surface area contributed by atoms with Gasteiger partial charge in [0.05, 0.1) is 29.0 Å². The second-order valence-corrected chi connectivity index (χ2v) is 11.1. The van der Waals surface area contributed by atoms with E-state index in [-0.39, 0.29) is 6.54 Å². The minimum atomic E-state index is -4.60. The van der Waals surface area contributed by atoms with Gasteiger partial charge in [0.15, 0.2) is 5.69 Å². The van der Waals surface area contributed by atoms with Gasteiger partial charge < -0.3 is 10.2 Å². The van der Waals surface area contributed by atoms with E-state index < -0.39 is 24.0 Å². The molecule has 0 unspecified atom stereocenters. The van der Waals surface area contributed by atoms with Gasteiger partial charge in [-0.2, -0.15) is 13.2 Å². The number of hydrogen-bond acceptors (Lipinski definition) is 7. The van der Waals surface area contributed by atoms with Gasteiger partial charge in [-0.25, -0.2) is 19.6 Å². The van der Waals surface area contributed by atoms with Gasteiger partial charge in [0.1, 0.15) is 12.9 Å². The molecule has 0 amide bonds. The average Bonchev–Trinajstić information content (AvgIpc) is 3.61. The van der Waals surface area contributed by atoms with Gasteiger partial charge >= 0.3 is 11.9 Å². The number of nitrogens with zero attached hydrogens (tertiary/aromatic N) is 6. The maximum atomic E-state index is 12.9. The number of alkyl halides is 3. The lowest BCUT2D eigenvalue weighted by molar-refractivity contribution is -0.141. The summed E-state index contributed by atoms with van der Waals surface area (Å²) in [6.07, 6.45) is 0.569. The fourth-order valence-electron chi connectivity index (χ4n) is 5.62. The smallest absolute Gasteiger partial charge is 0.367 e. The highest BCUT2D eigenvalue weighted by molar-refractivity contribution is 7.19. The topological polar surface area (TPSA) is 89.4 Å². The predicted molar refractivity (Wildman–Crippen MR) is 146 cm³/mol. The van der Waals surface area contributed by atoms with Crippen LogP contribution in [-0.2, 0) is 19.5 Å². The molecular formula is C27H24F3N7O2S. The second kappa shape index (κ2) is 10.2. The summed E-state index contributed by atoms with van der Waals surface area (Å²) in [5.41, 5.74) is 3.04. The maximum Gasteiger partial charge on any atom is 0.406 e. The van der Waals surface area contributed by atoms with Crippen molar-refractivity contribution in [2.45, 2.75) is 44.6 Å². The standard InChI is InChI=1S/C27H24F3N7O2S/c1-31-17-9-16-3-2-7-36(18-4-6-32-12-18)24(16)20(10-17)23-25-21(33-15-34-23)11-19(40-25)13-37-22(38)5-8-35(26(37)39)14-27(28,29)30/h5,8-11,15,18,32H,2-4,6-7,12-14H2/t18-/m0/s1. The van der Waals surface area contributed by atoms with E-state index in [1.54, 1.807) is 6.07 Å². The van der Waals surface area contributed by atoms with Crippen LogP contribution in [0.2, 0.25) is 0 Å². The third-order valence-electron chi connectivity index (χ3n) is 7.33. The average molecular weight is 568 g/mol. The maximum absolute atomic E-state index is 12.9. The van der Waals surface area contributed by atoms with Crippen LogP contribution in [0.3, 0.4) is 0 Å². The van der Waals surface area contributed by atoms with E-state index in [9.17, 15) is 22.8 Å². The predicted octanol–water partition coefficient (Wildman–Crippen LogP) is 3.96. The number of halogens is 3. The number of anilines is 1. The summed E-state index contributed by atoms with van der Waals surface area (Å²) in [5, 5.41) is 3.43. The number of rotatable bonds is 5. The van der Waals surface area contributed by atoms with E-state index in [4.69, 9.17) is 6.57 Å². The zero-order valence-electron chi connectivity index (χ0n) is 21.2. The Morgan fingerprint density at radius 2 is 2.05 bits per heavy atom. The molecule has 0 radical (unpaired) electrons. The lowest BCUT2D eigenvalue weighted by atomic mass is 9.93. The van der Waals surface area contributed by atoms with E-state index >= 15 is 0 Å². The highest BCUT2D eigenvalue weighted by atomic mass is 32.1. The monoisotopic (exact) mass is 567 g/mol. The number of benzene rings is 1. The van der Waals surface area contributed by atoms with Gasteiger partial charge in [0.2, 0.25) is 0 Å². The first-order valence-corrected chi connectivity index (χ1v) is 13.7. The molecule has 9 nitrogen and oxygen atoms in total. The molecule has 1 aromatic carbocycles. The van der Waals surface area contributed by atoms with Gasteiger partial charge in [-0.3, -0.25) is 13.9 Å². The van der Waals surface area contributed by atoms with E-state index in [1.807, 2.05) is 12.1 Å². The summed E-state index contributed by atoms with van der Waals surface area (Å²) in [6.45, 7) is 8.72. The van der Waals surface area contributed by atoms with Gasteiger partial charge in [-0.05, 0) is 43.5 Å². The molecule has 206 valence electrons. The Kier molecular flexibility index (Phi) is 6.67. The fourth-order valence-corrected chi connectivity index (χ4v) is 6.72. The summed E-state index contributed by atoms with van der Waals surface area (Å²) in [7, 11) is 0. The Balaban J connectivity index is 1.45. The van der Waals surface area contributed by atoms with Gasteiger partial charge in [0, 0.05) is 47.5 Å². The summed E-state index contributed by atoms with van der Waals surface area (Å²) in [5.74, 6) is 0. The van der Waals surface area contributed by atoms with E-state index in [0.29, 0.717) is 32.4 Å². The Morgan fingerprint density at radius 3 is 2.80 bits per heavy atom. The van der Waals surface area contributed by atoms with Crippen LogP contribution in [0.5, 0.6) is 0 Å². The molecule has 1 N–H and O–H groups in total. The minimum Gasteiger partial charge on any atom is -0.367 e. The molecule has 1 atom stereocenters. The van der Waals surface area contributed by atoms with Gasteiger partial charge in [-0.15, -0.1) is 11.3 Å². The molecule has 0 bridgehead atoms. The highest BCUT2D eigenvalue weighted by Crippen LogP contribution is 2.44. The second-order valence-electron chi connectivity index (χ2n) is 9.97. The lowest BCUT2D eigenvalue weighted by Gasteiger charge is -2.37. The van der Waals surface area contributed by atoms with Gasteiger partial charge in [-0.1, -0.05) is 6.07 Å². The van der Waals surface area contributed by atoms with Crippen LogP contribution in [0.1, 0.15) is 23.3 Å². The number of hydrogen-bond donors (Lipinski definition) is 1. The lowest BCUT2D eigenvalue weighted by Crippen LogP contribution is -2.41. The quantitative estimate of drug-likeness (QED) is 0.368. The molecule has 5 heterocycles. The van der Waals surface area contributed by atoms with Crippen LogP contribution >= 0.6 is 11.3 Å². The van der Waals surface area contributed by atoms with Crippen molar-refractivity contribution in [3.8, 4) is 11.3 Å². The normalized spacial score (nSPS) is 17.2. The number of thiophene rings is 1. The molecule has 4 aromatic rings. The number of nitrogens with one attached hydrogen (secondary N) is 1. The first-order valence-electron chi connectivity index (χ1n) is 12.8. The van der Waals surface area contributed by atoms with Crippen molar-refractivity contribution < 1.29 is 13.2 Å². The number of aromatic nitrogens is 4. The first kappa shape index (κ1) is 26.2. The zero-order valence-corrected chi connectivity index (χ0v) is 22.1. The largest absolute Gasteiger partial charge is 0.406 e. The van der Waals surface area contributed by atoms with Crippen molar-refractivity contribution in [1.82, 2.24) is 24.4 Å². The fraction of sp³-hybridized carbons (Fsp3) is 0.370. The minimum absolute atomic E-state index is 0.198. The van der Waals surface area contributed by atoms with Crippen LogP contribution < -0.4 is 21.5 Å². The molecular weight excluding hydrogens is 543 g/mol. The van der Waals surface area contributed by atoms with Crippen molar-refractivity contribution in [3.63, 3.8) is 0 Å². The number of fused-ring (bicyclic) bond motifs is 2. The van der Waals surface area contributed by atoms with Gasteiger partial charge in [0.25, 0.3) is 5.56 Å². The molecule has 0 saturated carbocycles. The number of aryl methyl sites for hydroxylation is 1. The van der Waals surface area contributed by atoms with Crippen LogP contribution in [0.15, 0.2) is 46.4 Å². The molecule has 2 aliphatic heterocycles. The van der Waals surface area contributed by atoms with E-state index in [2.05, 4.69) is 25.0 Å². The Bertz CT molecular complexity index is 1760. The molecule has 13 heteroatoms. The molecule has 40 heavy (non-hydrogen) atoms. The molecule has 0 spiro atoms. The molecule has 2 aliphatic rings. The molecule has 0 aliphatic carbocycles. The van der Waals surface area contributed by atoms with Crippen molar-refractivity contribution in [1.29, 1.82) is 0 Å². The third-order valence-corrected chi connectivity index (χ3v) is 8.45. The molecule has 3 aromatic heterocycles. The van der Waals surface area contributed by atoms with Crippen molar-refractivity contribution in [2.24, 2.45) is 0 Å². The van der Waals surface area contributed by atoms with Crippen molar-refractivity contribution >= 4 is 32.9 Å². The summed E-state index contributed by atoms with van der Waals surface area (Å²) in [6, 6.07) is 6.82. The van der Waals surface area contributed by atoms with E-state index in [1.165, 1.54) is 17.7 Å². The Labute approximate surface area is 230 Å². The Morgan fingerprint density at radius 1 is 1.20 bits per heavy atom.